The Kier molecular flexibility index (Phi) is 4.98. The summed E-state index contributed by atoms with van der Waals surface area (Å²) >= 11 is 7.38. The van der Waals surface area contributed by atoms with Gasteiger partial charge in [0.1, 0.15) is 0 Å². The third-order valence-electron chi connectivity index (χ3n) is 2.83. The summed E-state index contributed by atoms with van der Waals surface area (Å²) in [6.45, 7) is 3.73. The van der Waals surface area contributed by atoms with E-state index in [-0.39, 0.29) is 18.4 Å². The molecule has 0 aliphatic rings. The van der Waals surface area contributed by atoms with Gasteiger partial charge in [0.2, 0.25) is 5.91 Å². The highest BCUT2D eigenvalue weighted by atomic mass is 35.5. The molecule has 0 aliphatic heterocycles. The Bertz CT molecular complexity index is 682. The highest BCUT2D eigenvalue weighted by Crippen LogP contribution is 2.19. The van der Waals surface area contributed by atoms with E-state index in [1.165, 1.54) is 11.3 Å². The Morgan fingerprint density at radius 2 is 1.95 bits per heavy atom. The van der Waals surface area contributed by atoms with Crippen molar-refractivity contribution in [3.8, 4) is 0 Å². The molecule has 0 unspecified atom stereocenters. The van der Waals surface area contributed by atoms with Gasteiger partial charge in [0.05, 0.1) is 11.4 Å². The van der Waals surface area contributed by atoms with Crippen LogP contribution in [0.15, 0.2) is 30.3 Å². The normalized spacial score (nSPS) is 10.2. The molecule has 0 aliphatic carbocycles. The average Bonchev–Trinajstić information content (AvgIpc) is 2.87. The molecular weight excluding hydrogens is 308 g/mol. The molecule has 0 fully saturated rings. The van der Waals surface area contributed by atoms with Crippen molar-refractivity contribution in [2.45, 2.75) is 13.8 Å². The molecule has 1 heterocycles. The van der Waals surface area contributed by atoms with Gasteiger partial charge in [-0.3, -0.25) is 9.59 Å². The van der Waals surface area contributed by atoms with E-state index in [0.717, 1.165) is 10.4 Å². The zero-order chi connectivity index (χ0) is 15.4. The van der Waals surface area contributed by atoms with Gasteiger partial charge in [-0.15, -0.1) is 11.3 Å². The number of anilines is 1. The van der Waals surface area contributed by atoms with Crippen LogP contribution in [0.5, 0.6) is 0 Å². The zero-order valence-corrected chi connectivity index (χ0v) is 13.3. The van der Waals surface area contributed by atoms with Gasteiger partial charge in [-0.25, -0.2) is 0 Å². The number of thiophene rings is 1. The lowest BCUT2D eigenvalue weighted by molar-refractivity contribution is -0.115. The molecule has 4 nitrogen and oxygen atoms in total. The summed E-state index contributed by atoms with van der Waals surface area (Å²) in [7, 11) is 0. The fourth-order valence-corrected chi connectivity index (χ4v) is 2.64. The minimum Gasteiger partial charge on any atom is -0.342 e. The minimum absolute atomic E-state index is 0.0821. The molecule has 6 heteroatoms. The predicted octanol–water partition coefficient (Wildman–Crippen LogP) is 3.39. The van der Waals surface area contributed by atoms with Gasteiger partial charge in [-0.2, -0.15) is 0 Å². The molecule has 0 saturated carbocycles. The summed E-state index contributed by atoms with van der Waals surface area (Å²) in [5.41, 5.74) is 1.55. The van der Waals surface area contributed by atoms with E-state index in [4.69, 9.17) is 11.6 Å². The SMILES string of the molecule is Cc1ccc(C(=O)NCC(=O)Nc2ccc(C)c(Cl)c2)s1. The van der Waals surface area contributed by atoms with Crippen LogP contribution < -0.4 is 10.6 Å². The summed E-state index contributed by atoms with van der Waals surface area (Å²) in [5.74, 6) is -0.540. The molecule has 0 radical (unpaired) electrons. The summed E-state index contributed by atoms with van der Waals surface area (Å²) in [5, 5.41) is 5.86. The number of carbonyl (C=O) groups is 2. The Hall–Kier alpha value is -1.85. The van der Waals surface area contributed by atoms with Gasteiger partial charge in [-0.05, 0) is 43.7 Å². The van der Waals surface area contributed by atoms with Gasteiger partial charge in [0, 0.05) is 15.6 Å². The number of aryl methyl sites for hydroxylation is 2. The second-order valence-electron chi connectivity index (χ2n) is 4.61. The van der Waals surface area contributed by atoms with Crippen LogP contribution in [-0.2, 0) is 4.79 Å². The first-order valence-corrected chi connectivity index (χ1v) is 7.56. The van der Waals surface area contributed by atoms with Crippen LogP contribution in [-0.4, -0.2) is 18.4 Å². The van der Waals surface area contributed by atoms with Gasteiger partial charge in [0.15, 0.2) is 0 Å². The van der Waals surface area contributed by atoms with Crippen molar-refractivity contribution < 1.29 is 9.59 Å². The number of hydrogen-bond donors (Lipinski definition) is 2. The van der Waals surface area contributed by atoms with Crippen LogP contribution in [0.25, 0.3) is 0 Å². The number of amides is 2. The standard InChI is InChI=1S/C15H15ClN2O2S/c1-9-3-5-11(7-12(9)16)18-14(19)8-17-15(20)13-6-4-10(2)21-13/h3-7H,8H2,1-2H3,(H,17,20)(H,18,19). The fourth-order valence-electron chi connectivity index (χ4n) is 1.68. The Morgan fingerprint density at radius 3 is 2.57 bits per heavy atom. The van der Waals surface area contributed by atoms with Crippen LogP contribution in [0.2, 0.25) is 5.02 Å². The number of rotatable bonds is 4. The van der Waals surface area contributed by atoms with Crippen molar-refractivity contribution in [2.75, 3.05) is 11.9 Å². The number of nitrogens with one attached hydrogen (secondary N) is 2. The maximum Gasteiger partial charge on any atom is 0.261 e. The Morgan fingerprint density at radius 1 is 1.19 bits per heavy atom. The molecule has 2 N–H and O–H groups in total. The number of carbonyl (C=O) groups excluding carboxylic acids is 2. The van der Waals surface area contributed by atoms with Gasteiger partial charge >= 0.3 is 0 Å². The van der Waals surface area contributed by atoms with Gasteiger partial charge in [-0.1, -0.05) is 17.7 Å². The summed E-state index contributed by atoms with van der Waals surface area (Å²) in [6, 6.07) is 8.88. The van der Waals surface area contributed by atoms with E-state index in [1.54, 1.807) is 18.2 Å². The van der Waals surface area contributed by atoms with E-state index < -0.39 is 0 Å². The molecule has 110 valence electrons. The quantitative estimate of drug-likeness (QED) is 0.906. The number of hydrogen-bond acceptors (Lipinski definition) is 3. The Balaban J connectivity index is 1.87. The summed E-state index contributed by atoms with van der Waals surface area (Å²) in [6.07, 6.45) is 0. The largest absolute Gasteiger partial charge is 0.342 e. The molecule has 2 rings (SSSR count). The molecule has 0 spiro atoms. The lowest BCUT2D eigenvalue weighted by Gasteiger charge is -2.07. The molecular formula is C15H15ClN2O2S. The van der Waals surface area contributed by atoms with E-state index in [9.17, 15) is 9.59 Å². The fraction of sp³-hybridized carbons (Fsp3) is 0.200. The Labute approximate surface area is 132 Å². The van der Waals surface area contributed by atoms with Crippen LogP contribution in [0, 0.1) is 13.8 Å². The summed E-state index contributed by atoms with van der Waals surface area (Å²) in [4.78, 5) is 25.2. The van der Waals surface area contributed by atoms with Crippen molar-refractivity contribution in [1.82, 2.24) is 5.32 Å². The predicted molar refractivity (Wildman–Crippen MR) is 86.2 cm³/mol. The smallest absolute Gasteiger partial charge is 0.261 e. The van der Waals surface area contributed by atoms with E-state index >= 15 is 0 Å². The van der Waals surface area contributed by atoms with Crippen molar-refractivity contribution in [3.63, 3.8) is 0 Å². The molecule has 0 atom stereocenters. The monoisotopic (exact) mass is 322 g/mol. The van der Waals surface area contributed by atoms with Crippen LogP contribution >= 0.6 is 22.9 Å². The van der Waals surface area contributed by atoms with E-state index in [2.05, 4.69) is 10.6 Å². The van der Waals surface area contributed by atoms with Crippen LogP contribution in [0.4, 0.5) is 5.69 Å². The second-order valence-corrected chi connectivity index (χ2v) is 6.30. The topological polar surface area (TPSA) is 58.2 Å². The molecule has 2 aromatic rings. The molecule has 1 aromatic heterocycles. The first-order valence-electron chi connectivity index (χ1n) is 6.36. The lowest BCUT2D eigenvalue weighted by Crippen LogP contribution is -2.32. The first kappa shape index (κ1) is 15.5. The minimum atomic E-state index is -0.295. The van der Waals surface area contributed by atoms with E-state index in [1.807, 2.05) is 26.0 Å². The van der Waals surface area contributed by atoms with Crippen molar-refractivity contribution in [2.24, 2.45) is 0 Å². The number of benzene rings is 1. The van der Waals surface area contributed by atoms with Gasteiger partial charge in [0.25, 0.3) is 5.91 Å². The molecule has 0 bridgehead atoms. The third-order valence-corrected chi connectivity index (χ3v) is 4.24. The third kappa shape index (κ3) is 4.31. The molecule has 1 aromatic carbocycles. The molecule has 2 amide bonds. The highest BCUT2D eigenvalue weighted by molar-refractivity contribution is 7.13. The van der Waals surface area contributed by atoms with Crippen molar-refractivity contribution >= 4 is 40.4 Å². The molecule has 21 heavy (non-hydrogen) atoms. The van der Waals surface area contributed by atoms with Crippen molar-refractivity contribution in [1.29, 1.82) is 0 Å². The highest BCUT2D eigenvalue weighted by Gasteiger charge is 2.10. The lowest BCUT2D eigenvalue weighted by atomic mass is 10.2. The van der Waals surface area contributed by atoms with Crippen LogP contribution in [0.3, 0.4) is 0 Å². The van der Waals surface area contributed by atoms with Crippen molar-refractivity contribution in [3.05, 3.63) is 50.7 Å². The molecule has 0 saturated heterocycles. The van der Waals surface area contributed by atoms with Gasteiger partial charge < -0.3 is 10.6 Å². The summed E-state index contributed by atoms with van der Waals surface area (Å²) < 4.78 is 0. The second kappa shape index (κ2) is 6.74. The van der Waals surface area contributed by atoms with Crippen LogP contribution in [0.1, 0.15) is 20.1 Å². The maximum absolute atomic E-state index is 11.8. The zero-order valence-electron chi connectivity index (χ0n) is 11.7. The first-order chi connectivity index (χ1) is 9.95. The van der Waals surface area contributed by atoms with E-state index in [0.29, 0.717) is 15.6 Å². The number of halogens is 1. The maximum atomic E-state index is 11.8. The average molecular weight is 323 g/mol.